The molecule has 0 unspecified atom stereocenters. The molecular formula is C12H8BrCl2NO. The van der Waals surface area contributed by atoms with Gasteiger partial charge in [0.25, 0.3) is 0 Å². The third-order valence-electron chi connectivity index (χ3n) is 2.10. The van der Waals surface area contributed by atoms with Crippen LogP contribution in [0.25, 0.3) is 0 Å². The Kier molecular flexibility index (Phi) is 3.92. The summed E-state index contributed by atoms with van der Waals surface area (Å²) in [7, 11) is 0. The molecule has 1 aromatic carbocycles. The minimum Gasteiger partial charge on any atom is -0.437 e. The topological polar surface area (TPSA) is 22.1 Å². The van der Waals surface area contributed by atoms with Crippen molar-refractivity contribution in [2.45, 2.75) is 6.92 Å². The van der Waals surface area contributed by atoms with Crippen LogP contribution in [0.15, 0.2) is 34.8 Å². The summed E-state index contributed by atoms with van der Waals surface area (Å²) >= 11 is 15.2. The molecule has 1 heterocycles. The van der Waals surface area contributed by atoms with E-state index in [-0.39, 0.29) is 0 Å². The molecule has 88 valence electrons. The van der Waals surface area contributed by atoms with E-state index in [0.29, 0.717) is 21.7 Å². The summed E-state index contributed by atoms with van der Waals surface area (Å²) < 4.78 is 6.51. The fourth-order valence-electron chi connectivity index (χ4n) is 1.25. The number of aromatic nitrogens is 1. The fourth-order valence-corrected chi connectivity index (χ4v) is 1.78. The zero-order chi connectivity index (χ0) is 12.4. The second-order valence-corrected chi connectivity index (χ2v) is 5.09. The lowest BCUT2D eigenvalue weighted by Crippen LogP contribution is -1.91. The normalized spacial score (nSPS) is 10.4. The van der Waals surface area contributed by atoms with Gasteiger partial charge in [0.2, 0.25) is 5.88 Å². The number of aryl methyl sites for hydroxylation is 1. The summed E-state index contributed by atoms with van der Waals surface area (Å²) in [6, 6.07) is 8.68. The summed E-state index contributed by atoms with van der Waals surface area (Å²) in [5, 5.41) is 1.06. The smallest absolute Gasteiger partial charge is 0.219 e. The molecule has 0 aliphatic heterocycles. The van der Waals surface area contributed by atoms with Crippen molar-refractivity contribution in [1.82, 2.24) is 4.98 Å². The van der Waals surface area contributed by atoms with Gasteiger partial charge >= 0.3 is 0 Å². The van der Waals surface area contributed by atoms with E-state index in [1.54, 1.807) is 24.3 Å². The van der Waals surface area contributed by atoms with E-state index in [1.807, 2.05) is 13.0 Å². The average Bonchev–Trinajstić information content (AvgIpc) is 2.29. The van der Waals surface area contributed by atoms with Crippen LogP contribution >= 0.6 is 39.1 Å². The molecule has 0 N–H and O–H groups in total. The van der Waals surface area contributed by atoms with Crippen molar-refractivity contribution in [2.24, 2.45) is 0 Å². The van der Waals surface area contributed by atoms with Gasteiger partial charge in [-0.25, -0.2) is 4.98 Å². The highest BCUT2D eigenvalue weighted by molar-refractivity contribution is 9.10. The highest BCUT2D eigenvalue weighted by Gasteiger charge is 2.06. The first kappa shape index (κ1) is 12.7. The minimum absolute atomic E-state index is 0.481. The summed E-state index contributed by atoms with van der Waals surface area (Å²) in [6.07, 6.45) is 0. The summed E-state index contributed by atoms with van der Waals surface area (Å²) in [5.74, 6) is 0.975. The molecule has 0 saturated heterocycles. The van der Waals surface area contributed by atoms with Crippen molar-refractivity contribution in [2.75, 3.05) is 0 Å². The zero-order valence-electron chi connectivity index (χ0n) is 8.88. The summed E-state index contributed by atoms with van der Waals surface area (Å²) in [5.41, 5.74) is 0.848. The number of rotatable bonds is 2. The van der Waals surface area contributed by atoms with Gasteiger partial charge < -0.3 is 4.74 Å². The van der Waals surface area contributed by atoms with Crippen LogP contribution in [0.3, 0.4) is 0 Å². The third kappa shape index (κ3) is 3.12. The Hall–Kier alpha value is -0.770. The van der Waals surface area contributed by atoms with E-state index < -0.39 is 0 Å². The number of benzene rings is 1. The fraction of sp³-hybridized carbons (Fsp3) is 0.0833. The lowest BCUT2D eigenvalue weighted by Gasteiger charge is -2.08. The van der Waals surface area contributed by atoms with E-state index in [0.717, 1.165) is 10.2 Å². The quantitative estimate of drug-likeness (QED) is 0.749. The van der Waals surface area contributed by atoms with Gasteiger partial charge in [-0.15, -0.1) is 0 Å². The molecule has 0 saturated carbocycles. The summed E-state index contributed by atoms with van der Waals surface area (Å²) in [6.45, 7) is 1.89. The molecule has 0 amide bonds. The second kappa shape index (κ2) is 5.25. The standard InChI is InChI=1S/C12H8BrCl2NO/c1-7-9(13)3-5-12(16-7)17-11-6-8(14)2-4-10(11)15/h2-6H,1H3. The molecule has 17 heavy (non-hydrogen) atoms. The van der Waals surface area contributed by atoms with Crippen LogP contribution < -0.4 is 4.74 Å². The molecule has 0 aliphatic rings. The average molecular weight is 333 g/mol. The van der Waals surface area contributed by atoms with Crippen LogP contribution in [0.2, 0.25) is 10.0 Å². The predicted molar refractivity (Wildman–Crippen MR) is 73.2 cm³/mol. The van der Waals surface area contributed by atoms with Crippen molar-refractivity contribution >= 4 is 39.1 Å². The number of halogens is 3. The molecule has 0 aliphatic carbocycles. The van der Waals surface area contributed by atoms with Gasteiger partial charge in [-0.1, -0.05) is 23.2 Å². The van der Waals surface area contributed by atoms with E-state index in [4.69, 9.17) is 27.9 Å². The Morgan fingerprint density at radius 3 is 2.65 bits per heavy atom. The highest BCUT2D eigenvalue weighted by Crippen LogP contribution is 2.31. The first-order valence-corrected chi connectivity index (χ1v) is 6.37. The lowest BCUT2D eigenvalue weighted by molar-refractivity contribution is 0.461. The Bertz CT molecular complexity index is 560. The Balaban J connectivity index is 2.31. The van der Waals surface area contributed by atoms with Gasteiger partial charge in [0, 0.05) is 21.6 Å². The molecule has 1 aromatic heterocycles. The maximum atomic E-state index is 6.00. The van der Waals surface area contributed by atoms with Gasteiger partial charge in [0.1, 0.15) is 5.75 Å². The van der Waals surface area contributed by atoms with Gasteiger partial charge in [-0.05, 0) is 41.1 Å². The van der Waals surface area contributed by atoms with Crippen molar-refractivity contribution < 1.29 is 4.74 Å². The number of hydrogen-bond donors (Lipinski definition) is 0. The first-order valence-electron chi connectivity index (χ1n) is 4.82. The van der Waals surface area contributed by atoms with Gasteiger partial charge in [-0.3, -0.25) is 0 Å². The molecule has 2 aromatic rings. The largest absolute Gasteiger partial charge is 0.437 e. The zero-order valence-corrected chi connectivity index (χ0v) is 12.0. The maximum Gasteiger partial charge on any atom is 0.219 e. The predicted octanol–water partition coefficient (Wildman–Crippen LogP) is 5.25. The van der Waals surface area contributed by atoms with Crippen molar-refractivity contribution in [1.29, 1.82) is 0 Å². The molecule has 2 nitrogen and oxygen atoms in total. The van der Waals surface area contributed by atoms with Crippen LogP contribution in [0.1, 0.15) is 5.69 Å². The van der Waals surface area contributed by atoms with Crippen LogP contribution in [0.5, 0.6) is 11.6 Å². The Morgan fingerprint density at radius 2 is 1.94 bits per heavy atom. The first-order chi connectivity index (χ1) is 8.06. The van der Waals surface area contributed by atoms with Gasteiger partial charge in [0.05, 0.1) is 10.7 Å². The summed E-state index contributed by atoms with van der Waals surface area (Å²) in [4.78, 5) is 4.27. The Morgan fingerprint density at radius 1 is 1.18 bits per heavy atom. The number of nitrogens with zero attached hydrogens (tertiary/aromatic N) is 1. The van der Waals surface area contributed by atoms with Crippen molar-refractivity contribution in [3.63, 3.8) is 0 Å². The molecule has 2 rings (SSSR count). The van der Waals surface area contributed by atoms with Crippen LogP contribution in [0.4, 0.5) is 0 Å². The van der Waals surface area contributed by atoms with Gasteiger partial charge in [0.15, 0.2) is 0 Å². The minimum atomic E-state index is 0.481. The van der Waals surface area contributed by atoms with E-state index in [2.05, 4.69) is 20.9 Å². The van der Waals surface area contributed by atoms with Crippen LogP contribution in [-0.4, -0.2) is 4.98 Å². The monoisotopic (exact) mass is 331 g/mol. The van der Waals surface area contributed by atoms with Crippen molar-refractivity contribution in [3.05, 3.63) is 50.5 Å². The highest BCUT2D eigenvalue weighted by atomic mass is 79.9. The SMILES string of the molecule is Cc1nc(Oc2cc(Cl)ccc2Cl)ccc1Br. The molecule has 0 fully saturated rings. The van der Waals surface area contributed by atoms with E-state index in [1.165, 1.54) is 0 Å². The third-order valence-corrected chi connectivity index (χ3v) is 3.49. The molecule has 0 radical (unpaired) electrons. The molecular weight excluding hydrogens is 325 g/mol. The lowest BCUT2D eigenvalue weighted by atomic mass is 10.3. The van der Waals surface area contributed by atoms with Crippen LogP contribution in [-0.2, 0) is 0 Å². The van der Waals surface area contributed by atoms with Crippen molar-refractivity contribution in [3.8, 4) is 11.6 Å². The van der Waals surface area contributed by atoms with E-state index >= 15 is 0 Å². The molecule has 5 heteroatoms. The molecule has 0 atom stereocenters. The maximum absolute atomic E-state index is 6.00. The van der Waals surface area contributed by atoms with Gasteiger partial charge in [-0.2, -0.15) is 0 Å². The Labute approximate surface area is 118 Å². The number of hydrogen-bond acceptors (Lipinski definition) is 2. The molecule has 0 spiro atoms. The molecule has 0 bridgehead atoms. The van der Waals surface area contributed by atoms with Crippen LogP contribution in [0, 0.1) is 6.92 Å². The number of pyridine rings is 1. The van der Waals surface area contributed by atoms with E-state index in [9.17, 15) is 0 Å². The second-order valence-electron chi connectivity index (χ2n) is 3.39. The number of ether oxygens (including phenoxy) is 1.